The molecule has 2 aromatic heterocycles. The Kier molecular flexibility index (Phi) is 5.30. The van der Waals surface area contributed by atoms with Gasteiger partial charge in [-0.3, -0.25) is 9.30 Å². The van der Waals surface area contributed by atoms with E-state index < -0.39 is 0 Å². The van der Waals surface area contributed by atoms with Gasteiger partial charge < -0.3 is 10.0 Å². The Bertz CT molecular complexity index is 1320. The molecule has 0 bridgehead atoms. The van der Waals surface area contributed by atoms with Gasteiger partial charge in [0.15, 0.2) is 5.65 Å². The fourth-order valence-electron chi connectivity index (χ4n) is 5.00. The van der Waals surface area contributed by atoms with E-state index in [0.29, 0.717) is 23.8 Å². The van der Waals surface area contributed by atoms with Crippen LogP contribution in [0.5, 0.6) is 0 Å². The summed E-state index contributed by atoms with van der Waals surface area (Å²) in [7, 11) is 2.08. The summed E-state index contributed by atoms with van der Waals surface area (Å²) in [4.78, 5) is 9.53. The summed E-state index contributed by atoms with van der Waals surface area (Å²) in [5.41, 5.74) is 6.39. The highest BCUT2D eigenvalue weighted by Gasteiger charge is 2.31. The summed E-state index contributed by atoms with van der Waals surface area (Å²) >= 11 is 0. The number of para-hydroxylation sites is 2. The minimum absolute atomic E-state index is 0.161. The van der Waals surface area contributed by atoms with Crippen LogP contribution in [0.2, 0.25) is 0 Å². The summed E-state index contributed by atoms with van der Waals surface area (Å²) in [5.74, 6) is 1.09. The van der Waals surface area contributed by atoms with Gasteiger partial charge >= 0.3 is 0 Å². The number of aromatic nitrogens is 2. The lowest BCUT2D eigenvalue weighted by Gasteiger charge is -2.28. The number of aliphatic hydroxyl groups is 1. The Morgan fingerprint density at radius 2 is 1.91 bits per heavy atom. The zero-order valence-corrected chi connectivity index (χ0v) is 18.5. The molecule has 2 aromatic carbocycles. The lowest BCUT2D eigenvalue weighted by molar-refractivity contribution is 0.188. The molecule has 1 N–H and O–H groups in total. The second-order valence-corrected chi connectivity index (χ2v) is 8.53. The highest BCUT2D eigenvalue weighted by atomic mass is 16.3. The predicted molar refractivity (Wildman–Crippen MR) is 128 cm³/mol. The number of hydrogen-bond acceptors (Lipinski definition) is 5. The van der Waals surface area contributed by atoms with Crippen LogP contribution in [0.3, 0.4) is 0 Å². The van der Waals surface area contributed by atoms with Gasteiger partial charge in [0.05, 0.1) is 23.2 Å². The highest BCUT2D eigenvalue weighted by Crippen LogP contribution is 2.40. The number of pyridine rings is 1. The van der Waals surface area contributed by atoms with Crippen LogP contribution in [-0.2, 0) is 0 Å². The fraction of sp³-hybridized carbons (Fsp3) is 0.308. The molecule has 1 aliphatic heterocycles. The predicted octanol–water partition coefficient (Wildman–Crippen LogP) is 3.84. The van der Waals surface area contributed by atoms with Crippen LogP contribution < -0.4 is 4.90 Å². The number of hydrogen-bond donors (Lipinski definition) is 1. The third-order valence-electron chi connectivity index (χ3n) is 6.68. The van der Waals surface area contributed by atoms with Crippen LogP contribution in [0, 0.1) is 18.3 Å². The van der Waals surface area contributed by atoms with E-state index in [0.717, 1.165) is 53.1 Å². The number of anilines is 1. The Balaban J connectivity index is 1.81. The molecule has 0 spiro atoms. The van der Waals surface area contributed by atoms with Gasteiger partial charge in [0.2, 0.25) is 0 Å². The second-order valence-electron chi connectivity index (χ2n) is 8.53. The average molecular weight is 426 g/mol. The fourth-order valence-corrected chi connectivity index (χ4v) is 5.00. The number of nitriles is 1. The van der Waals surface area contributed by atoms with Gasteiger partial charge in [0.25, 0.3) is 0 Å². The zero-order chi connectivity index (χ0) is 22.2. The van der Waals surface area contributed by atoms with Crippen molar-refractivity contribution in [1.82, 2.24) is 14.3 Å². The van der Waals surface area contributed by atoms with Gasteiger partial charge in [-0.1, -0.05) is 42.5 Å². The molecule has 1 fully saturated rings. The van der Waals surface area contributed by atoms with Crippen LogP contribution in [0.4, 0.5) is 5.82 Å². The topological polar surface area (TPSA) is 67.8 Å². The van der Waals surface area contributed by atoms with Crippen molar-refractivity contribution >= 4 is 22.5 Å². The molecule has 6 nitrogen and oxygen atoms in total. The van der Waals surface area contributed by atoms with Gasteiger partial charge in [-0.2, -0.15) is 5.26 Å². The van der Waals surface area contributed by atoms with Crippen molar-refractivity contribution in [3.8, 4) is 17.2 Å². The van der Waals surface area contributed by atoms with Crippen LogP contribution in [-0.4, -0.2) is 58.7 Å². The van der Waals surface area contributed by atoms with E-state index in [1.165, 1.54) is 0 Å². The number of rotatable bonds is 5. The van der Waals surface area contributed by atoms with E-state index in [9.17, 15) is 10.4 Å². The Hall–Kier alpha value is -3.40. The summed E-state index contributed by atoms with van der Waals surface area (Å²) in [6.45, 7) is 4.64. The molecule has 0 saturated carbocycles. The molecule has 0 unspecified atom stereocenters. The standard InChI is InChI=1S/C26H27N5O/c1-18-21(16-27)25-28-22-10-6-7-11-23(22)31(25)26(24(18)19-8-4-3-5-9-19)30-13-12-20(17-30)29(2)14-15-32/h3-11,20,32H,12-15,17H2,1-2H3/t20-/m0/s1. The molecule has 5 rings (SSSR count). The first-order valence-electron chi connectivity index (χ1n) is 11.1. The number of nitrogens with zero attached hydrogens (tertiary/aromatic N) is 5. The number of aliphatic hydroxyl groups excluding tert-OH is 1. The van der Waals surface area contributed by atoms with Crippen molar-refractivity contribution in [2.24, 2.45) is 0 Å². The van der Waals surface area contributed by atoms with E-state index >= 15 is 0 Å². The van der Waals surface area contributed by atoms with Gasteiger partial charge in [0.1, 0.15) is 11.9 Å². The van der Waals surface area contributed by atoms with E-state index in [-0.39, 0.29) is 6.61 Å². The van der Waals surface area contributed by atoms with Gasteiger partial charge in [-0.15, -0.1) is 0 Å². The Morgan fingerprint density at radius 3 is 2.66 bits per heavy atom. The third-order valence-corrected chi connectivity index (χ3v) is 6.68. The van der Waals surface area contributed by atoms with Crippen molar-refractivity contribution in [2.45, 2.75) is 19.4 Å². The first kappa shape index (κ1) is 20.5. The van der Waals surface area contributed by atoms with Crippen LogP contribution in [0.15, 0.2) is 54.6 Å². The molecule has 0 amide bonds. The van der Waals surface area contributed by atoms with Crippen molar-refractivity contribution in [3.05, 3.63) is 65.7 Å². The molecule has 1 aliphatic rings. The van der Waals surface area contributed by atoms with Gasteiger partial charge in [-0.05, 0) is 43.7 Å². The van der Waals surface area contributed by atoms with E-state index in [1.807, 2.05) is 43.3 Å². The van der Waals surface area contributed by atoms with Crippen LogP contribution in [0.25, 0.3) is 27.8 Å². The van der Waals surface area contributed by atoms with E-state index in [2.05, 4.69) is 45.5 Å². The van der Waals surface area contributed by atoms with Crippen molar-refractivity contribution < 1.29 is 5.11 Å². The molecule has 0 radical (unpaired) electrons. The number of benzene rings is 2. The van der Waals surface area contributed by atoms with Gasteiger partial charge in [0, 0.05) is 31.2 Å². The molecule has 0 aliphatic carbocycles. The molecule has 6 heteroatoms. The lowest BCUT2D eigenvalue weighted by Crippen LogP contribution is -2.36. The normalized spacial score (nSPS) is 16.3. The zero-order valence-electron chi connectivity index (χ0n) is 18.5. The Morgan fingerprint density at radius 1 is 1.16 bits per heavy atom. The minimum atomic E-state index is 0.161. The minimum Gasteiger partial charge on any atom is -0.395 e. The monoisotopic (exact) mass is 425 g/mol. The maximum atomic E-state index is 10.1. The summed E-state index contributed by atoms with van der Waals surface area (Å²) in [5, 5.41) is 19.5. The first-order chi connectivity index (χ1) is 15.6. The van der Waals surface area contributed by atoms with Crippen molar-refractivity contribution in [1.29, 1.82) is 5.26 Å². The molecule has 32 heavy (non-hydrogen) atoms. The second kappa shape index (κ2) is 8.27. The molecular formula is C26H27N5O. The molecule has 162 valence electrons. The maximum Gasteiger partial charge on any atom is 0.157 e. The van der Waals surface area contributed by atoms with Crippen molar-refractivity contribution in [3.63, 3.8) is 0 Å². The summed E-state index contributed by atoms with van der Waals surface area (Å²) < 4.78 is 2.18. The Labute approximate surface area is 187 Å². The molecule has 3 heterocycles. The molecule has 1 atom stereocenters. The van der Waals surface area contributed by atoms with E-state index in [1.54, 1.807) is 0 Å². The van der Waals surface area contributed by atoms with Crippen LogP contribution >= 0.6 is 0 Å². The lowest BCUT2D eigenvalue weighted by atomic mass is 9.97. The van der Waals surface area contributed by atoms with E-state index in [4.69, 9.17) is 4.98 Å². The van der Waals surface area contributed by atoms with Gasteiger partial charge in [-0.25, -0.2) is 4.98 Å². The van der Waals surface area contributed by atoms with Crippen LogP contribution in [0.1, 0.15) is 17.5 Å². The quantitative estimate of drug-likeness (QED) is 0.526. The molecule has 4 aromatic rings. The SMILES string of the molecule is Cc1c(-c2ccccc2)c(N2CC[C@H](N(C)CCO)C2)n2c(nc3ccccc32)c1C#N. The summed E-state index contributed by atoms with van der Waals surface area (Å²) in [6.07, 6.45) is 1.03. The number of likely N-dealkylation sites (N-methyl/N-ethyl adjacent to an activating group) is 1. The largest absolute Gasteiger partial charge is 0.395 e. The maximum absolute atomic E-state index is 10.1. The molecule has 1 saturated heterocycles. The molecular weight excluding hydrogens is 398 g/mol. The van der Waals surface area contributed by atoms with Crippen molar-refractivity contribution in [2.75, 3.05) is 38.2 Å². The average Bonchev–Trinajstić information content (AvgIpc) is 3.44. The summed E-state index contributed by atoms with van der Waals surface area (Å²) in [6, 6.07) is 21.2. The highest BCUT2D eigenvalue weighted by molar-refractivity contribution is 5.92. The smallest absolute Gasteiger partial charge is 0.157 e. The first-order valence-corrected chi connectivity index (χ1v) is 11.1. The number of imidazole rings is 1. The number of fused-ring (bicyclic) bond motifs is 3. The third kappa shape index (κ3) is 3.22.